The molecule has 0 saturated carbocycles. The minimum absolute atomic E-state index is 0.0191. The lowest BCUT2D eigenvalue weighted by Gasteiger charge is -2.31. The molecule has 0 rings (SSSR count). The van der Waals surface area contributed by atoms with Crippen molar-refractivity contribution in [2.75, 3.05) is 25.4 Å². The molecule has 0 spiro atoms. The zero-order chi connectivity index (χ0) is 17.4. The van der Waals surface area contributed by atoms with E-state index in [1.807, 2.05) is 0 Å². The van der Waals surface area contributed by atoms with Crippen molar-refractivity contribution in [3.8, 4) is 0 Å². The van der Waals surface area contributed by atoms with Crippen molar-refractivity contribution < 1.29 is 33.6 Å². The van der Waals surface area contributed by atoms with E-state index >= 15 is 0 Å². The quantitative estimate of drug-likeness (QED) is 0.234. The Kier molecular flexibility index (Phi) is 9.21. The van der Waals surface area contributed by atoms with Gasteiger partial charge < -0.3 is 30.1 Å². The fourth-order valence-corrected chi connectivity index (χ4v) is 1.97. The second kappa shape index (κ2) is 9.49. The zero-order valence-corrected chi connectivity index (χ0v) is 14.2. The molecule has 130 valence electrons. The van der Waals surface area contributed by atoms with E-state index in [0.29, 0.717) is 12.3 Å². The number of phosphoric ester groups is 1. The maximum Gasteiger partial charge on any atom is 0.265 e. The lowest BCUT2D eigenvalue weighted by atomic mass is 9.87. The van der Waals surface area contributed by atoms with Crippen molar-refractivity contribution in [1.29, 1.82) is 0 Å². The van der Waals surface area contributed by atoms with Crippen LogP contribution in [0.1, 0.15) is 20.3 Å². The highest BCUT2D eigenvalue weighted by molar-refractivity contribution is 7.80. The fraction of sp³-hybridized carbons (Fsp3) is 0.818. The van der Waals surface area contributed by atoms with Crippen molar-refractivity contribution >= 4 is 32.3 Å². The standard InChI is InChI=1S/C11H23N2O7PS/c1-11(2,7-20-21(17,18)19)9(15)10(16)13-4-3-8(14)12-5-6-22/h9,15,22H,3-7H2,1-2H3,(H,12,14)(H,13,16)(H2,17,18,19)/p-1/t9-/m0/s1. The molecular weight excluding hydrogens is 335 g/mol. The number of rotatable bonds is 10. The summed E-state index contributed by atoms with van der Waals surface area (Å²) in [6.07, 6.45) is -1.53. The molecule has 4 N–H and O–H groups in total. The van der Waals surface area contributed by atoms with Crippen molar-refractivity contribution in [2.24, 2.45) is 5.41 Å². The van der Waals surface area contributed by atoms with Crippen molar-refractivity contribution in [2.45, 2.75) is 26.4 Å². The van der Waals surface area contributed by atoms with Crippen LogP contribution in [-0.2, 0) is 18.7 Å². The van der Waals surface area contributed by atoms with Crippen LogP contribution < -0.4 is 15.5 Å². The van der Waals surface area contributed by atoms with Crippen LogP contribution in [0, 0.1) is 5.41 Å². The summed E-state index contributed by atoms with van der Waals surface area (Å²) in [4.78, 5) is 42.1. The SMILES string of the molecule is CC(C)(COP(=O)([O-])O)[C@@H](O)C(=O)NCCC(=O)NCCS. The van der Waals surface area contributed by atoms with Crippen LogP contribution in [0.4, 0.5) is 0 Å². The number of amides is 2. The number of thiol groups is 1. The number of aliphatic hydroxyl groups is 1. The van der Waals surface area contributed by atoms with E-state index in [2.05, 4.69) is 27.8 Å². The van der Waals surface area contributed by atoms with Crippen molar-refractivity contribution in [1.82, 2.24) is 10.6 Å². The van der Waals surface area contributed by atoms with Crippen LogP contribution in [0.25, 0.3) is 0 Å². The molecule has 0 fully saturated rings. The lowest BCUT2D eigenvalue weighted by molar-refractivity contribution is -0.223. The van der Waals surface area contributed by atoms with Gasteiger partial charge in [0.05, 0.1) is 6.61 Å². The molecule has 0 heterocycles. The Balaban J connectivity index is 4.24. The molecule has 11 heteroatoms. The summed E-state index contributed by atoms with van der Waals surface area (Å²) < 4.78 is 14.7. The molecule has 0 aliphatic heterocycles. The highest BCUT2D eigenvalue weighted by Gasteiger charge is 2.34. The molecule has 0 aromatic heterocycles. The second-order valence-corrected chi connectivity index (χ2v) is 6.89. The summed E-state index contributed by atoms with van der Waals surface area (Å²) >= 11 is 3.93. The minimum atomic E-state index is -4.93. The normalized spacial score (nSPS) is 15.7. The molecular formula is C11H22N2O7PS-. The average Bonchev–Trinajstić information content (AvgIpc) is 2.41. The van der Waals surface area contributed by atoms with Crippen LogP contribution >= 0.6 is 20.5 Å². The maximum atomic E-state index is 11.7. The lowest BCUT2D eigenvalue weighted by Crippen LogP contribution is -2.46. The molecule has 0 radical (unpaired) electrons. The Bertz CT molecular complexity index is 427. The van der Waals surface area contributed by atoms with Crippen molar-refractivity contribution in [3.05, 3.63) is 0 Å². The molecule has 22 heavy (non-hydrogen) atoms. The minimum Gasteiger partial charge on any atom is -0.756 e. The van der Waals surface area contributed by atoms with Crippen LogP contribution in [0.5, 0.6) is 0 Å². The Labute approximate surface area is 134 Å². The number of carbonyl (C=O) groups excluding carboxylic acids is 2. The van der Waals surface area contributed by atoms with Gasteiger partial charge in [0, 0.05) is 30.7 Å². The third kappa shape index (κ3) is 9.39. The predicted molar refractivity (Wildman–Crippen MR) is 80.1 cm³/mol. The van der Waals surface area contributed by atoms with Gasteiger partial charge in [-0.3, -0.25) is 14.2 Å². The Morgan fingerprint density at radius 3 is 2.45 bits per heavy atom. The summed E-state index contributed by atoms with van der Waals surface area (Å²) in [5.74, 6) is -0.535. The molecule has 2 atom stereocenters. The van der Waals surface area contributed by atoms with E-state index < -0.39 is 31.9 Å². The van der Waals surface area contributed by atoms with Gasteiger partial charge in [-0.15, -0.1) is 0 Å². The zero-order valence-electron chi connectivity index (χ0n) is 12.4. The number of carbonyl (C=O) groups is 2. The highest BCUT2D eigenvalue weighted by Crippen LogP contribution is 2.34. The first-order chi connectivity index (χ1) is 9.99. The van der Waals surface area contributed by atoms with E-state index in [1.165, 1.54) is 13.8 Å². The summed E-state index contributed by atoms with van der Waals surface area (Å²) in [6.45, 7) is 2.66. The van der Waals surface area contributed by atoms with Crippen molar-refractivity contribution in [3.63, 3.8) is 0 Å². The van der Waals surface area contributed by atoms with Gasteiger partial charge >= 0.3 is 0 Å². The first kappa shape index (κ1) is 21.4. The van der Waals surface area contributed by atoms with E-state index in [0.717, 1.165) is 0 Å². The highest BCUT2D eigenvalue weighted by atomic mass is 32.1. The number of phosphoric acid groups is 1. The largest absolute Gasteiger partial charge is 0.756 e. The third-order valence-electron chi connectivity index (χ3n) is 2.67. The average molecular weight is 357 g/mol. The van der Waals surface area contributed by atoms with Crippen LogP contribution in [0.3, 0.4) is 0 Å². The molecule has 1 unspecified atom stereocenters. The summed E-state index contributed by atoms with van der Waals surface area (Å²) in [6, 6.07) is 0. The molecule has 9 nitrogen and oxygen atoms in total. The van der Waals surface area contributed by atoms with Crippen LogP contribution in [0.15, 0.2) is 0 Å². The third-order valence-corrected chi connectivity index (χ3v) is 3.35. The van der Waals surface area contributed by atoms with Gasteiger partial charge in [0.25, 0.3) is 7.82 Å². The molecule has 0 bridgehead atoms. The first-order valence-corrected chi connectivity index (χ1v) is 8.64. The summed E-state index contributed by atoms with van der Waals surface area (Å²) in [5.41, 5.74) is -1.25. The molecule has 0 aliphatic carbocycles. The topological polar surface area (TPSA) is 148 Å². The smallest absolute Gasteiger partial charge is 0.265 e. The van der Waals surface area contributed by atoms with Crippen LogP contribution in [-0.4, -0.2) is 53.4 Å². The van der Waals surface area contributed by atoms with Crippen LogP contribution in [0.2, 0.25) is 0 Å². The van der Waals surface area contributed by atoms with Gasteiger partial charge in [0.2, 0.25) is 11.8 Å². The van der Waals surface area contributed by atoms with Gasteiger partial charge in [-0.1, -0.05) is 13.8 Å². The van der Waals surface area contributed by atoms with Gasteiger partial charge in [0.15, 0.2) is 0 Å². The second-order valence-electron chi connectivity index (χ2n) is 5.25. The Morgan fingerprint density at radius 1 is 1.36 bits per heavy atom. The van der Waals surface area contributed by atoms with Gasteiger partial charge in [-0.25, -0.2) is 0 Å². The Hall–Kier alpha value is -0.640. The van der Waals surface area contributed by atoms with E-state index in [9.17, 15) is 24.2 Å². The number of nitrogens with one attached hydrogen (secondary N) is 2. The van der Waals surface area contributed by atoms with Gasteiger partial charge in [-0.2, -0.15) is 12.6 Å². The van der Waals surface area contributed by atoms with Gasteiger partial charge in [0.1, 0.15) is 6.10 Å². The number of hydrogen-bond donors (Lipinski definition) is 5. The Morgan fingerprint density at radius 2 is 1.95 bits per heavy atom. The summed E-state index contributed by atoms with van der Waals surface area (Å²) in [5, 5.41) is 14.8. The van der Waals surface area contributed by atoms with E-state index in [-0.39, 0.29) is 18.9 Å². The number of hydrogen-bond acceptors (Lipinski definition) is 7. The summed E-state index contributed by atoms with van der Waals surface area (Å²) in [7, 11) is -4.93. The maximum absolute atomic E-state index is 11.7. The first-order valence-electron chi connectivity index (χ1n) is 6.51. The molecule has 0 aliphatic rings. The molecule has 2 amide bonds. The predicted octanol–water partition coefficient (Wildman–Crippen LogP) is -1.60. The fourth-order valence-electron chi connectivity index (χ4n) is 1.36. The monoisotopic (exact) mass is 357 g/mol. The molecule has 0 aromatic carbocycles. The van der Waals surface area contributed by atoms with Gasteiger partial charge in [-0.05, 0) is 0 Å². The molecule has 0 saturated heterocycles. The molecule has 0 aromatic rings. The van der Waals surface area contributed by atoms with E-state index in [4.69, 9.17) is 4.89 Å². The van der Waals surface area contributed by atoms with E-state index in [1.54, 1.807) is 0 Å². The number of aliphatic hydroxyl groups excluding tert-OH is 1.